The first-order chi connectivity index (χ1) is 6.07. The first kappa shape index (κ1) is 10.3. The average molecular weight is 208 g/mol. The molecule has 1 aromatic heterocycles. The number of halogens is 3. The summed E-state index contributed by atoms with van der Waals surface area (Å²) < 4.78 is 24.8. The van der Waals surface area contributed by atoms with Crippen LogP contribution in [0, 0.1) is 6.92 Å². The Kier molecular flexibility index (Phi) is 3.17. The zero-order valence-electron chi connectivity index (χ0n) is 6.89. The molecule has 0 spiro atoms. The molecule has 0 radical (unpaired) electrons. The fourth-order valence-corrected chi connectivity index (χ4v) is 1.32. The average Bonchev–Trinajstić information content (AvgIpc) is 2.04. The van der Waals surface area contributed by atoms with E-state index in [2.05, 4.69) is 4.98 Å². The van der Waals surface area contributed by atoms with Crippen molar-refractivity contribution in [1.29, 1.82) is 0 Å². The summed E-state index contributed by atoms with van der Waals surface area (Å²) in [4.78, 5) is 3.71. The number of pyridine rings is 1. The number of aryl methyl sites for hydroxylation is 1. The van der Waals surface area contributed by atoms with Gasteiger partial charge in [-0.3, -0.25) is 4.98 Å². The van der Waals surface area contributed by atoms with Crippen molar-refractivity contribution < 1.29 is 13.9 Å². The van der Waals surface area contributed by atoms with Crippen LogP contribution in [0.3, 0.4) is 0 Å². The first-order valence-electron chi connectivity index (χ1n) is 3.60. The number of aliphatic hydroxyl groups is 1. The summed E-state index contributed by atoms with van der Waals surface area (Å²) in [6.07, 6.45) is -1.37. The molecule has 0 saturated carbocycles. The fraction of sp³-hybridized carbons (Fsp3) is 0.375. The van der Waals surface area contributed by atoms with Gasteiger partial charge in [-0.05, 0) is 6.92 Å². The zero-order valence-corrected chi connectivity index (χ0v) is 7.65. The van der Waals surface area contributed by atoms with Gasteiger partial charge in [0.1, 0.15) is 0 Å². The van der Waals surface area contributed by atoms with E-state index in [1.807, 2.05) is 0 Å². The summed E-state index contributed by atoms with van der Waals surface area (Å²) in [5.41, 5.74) is 0.119. The Morgan fingerprint density at radius 1 is 1.62 bits per heavy atom. The number of nitrogens with zero attached hydrogens (tertiary/aromatic N) is 1. The van der Waals surface area contributed by atoms with Gasteiger partial charge in [0.05, 0.1) is 17.2 Å². The van der Waals surface area contributed by atoms with Crippen molar-refractivity contribution >= 4 is 11.6 Å². The summed E-state index contributed by atoms with van der Waals surface area (Å²) in [5.74, 6) is 0. The molecule has 0 fully saturated rings. The highest BCUT2D eigenvalue weighted by Crippen LogP contribution is 2.31. The second kappa shape index (κ2) is 3.98. The molecule has 0 aromatic carbocycles. The van der Waals surface area contributed by atoms with Crippen molar-refractivity contribution in [2.75, 3.05) is 0 Å². The van der Waals surface area contributed by atoms with Gasteiger partial charge >= 0.3 is 0 Å². The molecule has 72 valence electrons. The zero-order chi connectivity index (χ0) is 10.0. The quantitative estimate of drug-likeness (QED) is 0.808. The summed E-state index contributed by atoms with van der Waals surface area (Å²) in [6, 6.07) is 0. The molecule has 0 aliphatic heterocycles. The molecule has 0 aliphatic rings. The van der Waals surface area contributed by atoms with Gasteiger partial charge in [0.2, 0.25) is 0 Å². The maximum Gasteiger partial charge on any atom is 0.267 e. The maximum atomic E-state index is 12.4. The SMILES string of the molecule is Cc1ncc(CO)c(Cl)c1C(F)F. The number of aliphatic hydroxyl groups excluding tert-OH is 1. The van der Waals surface area contributed by atoms with E-state index in [0.717, 1.165) is 0 Å². The van der Waals surface area contributed by atoms with Crippen LogP contribution in [0.1, 0.15) is 23.2 Å². The lowest BCUT2D eigenvalue weighted by molar-refractivity contribution is 0.150. The van der Waals surface area contributed by atoms with Crippen molar-refractivity contribution in [3.8, 4) is 0 Å². The third-order valence-corrected chi connectivity index (χ3v) is 2.16. The molecule has 1 heterocycles. The summed E-state index contributed by atoms with van der Waals surface area (Å²) in [6.45, 7) is 1.07. The molecule has 0 aliphatic carbocycles. The van der Waals surface area contributed by atoms with Gasteiger partial charge in [0, 0.05) is 17.5 Å². The van der Waals surface area contributed by atoms with Gasteiger partial charge in [-0.25, -0.2) is 8.78 Å². The van der Waals surface area contributed by atoms with E-state index in [1.165, 1.54) is 13.1 Å². The molecule has 0 amide bonds. The van der Waals surface area contributed by atoms with E-state index < -0.39 is 6.43 Å². The largest absolute Gasteiger partial charge is 0.392 e. The highest BCUT2D eigenvalue weighted by Gasteiger charge is 2.18. The van der Waals surface area contributed by atoms with Gasteiger partial charge < -0.3 is 5.11 Å². The second-order valence-electron chi connectivity index (χ2n) is 2.56. The van der Waals surface area contributed by atoms with E-state index in [9.17, 15) is 8.78 Å². The first-order valence-corrected chi connectivity index (χ1v) is 3.98. The fourth-order valence-electron chi connectivity index (χ4n) is 0.997. The van der Waals surface area contributed by atoms with Crippen LogP contribution in [0.4, 0.5) is 8.78 Å². The Labute approximate surface area is 79.2 Å². The van der Waals surface area contributed by atoms with E-state index in [-0.39, 0.29) is 28.5 Å². The summed E-state index contributed by atoms with van der Waals surface area (Å²) in [7, 11) is 0. The molecule has 0 unspecified atom stereocenters. The second-order valence-corrected chi connectivity index (χ2v) is 2.93. The van der Waals surface area contributed by atoms with Crippen molar-refractivity contribution in [3.05, 3.63) is 28.0 Å². The third kappa shape index (κ3) is 1.95. The lowest BCUT2D eigenvalue weighted by Gasteiger charge is -2.09. The van der Waals surface area contributed by atoms with Gasteiger partial charge in [-0.15, -0.1) is 0 Å². The molecule has 2 nitrogen and oxygen atoms in total. The van der Waals surface area contributed by atoms with Crippen molar-refractivity contribution in [2.24, 2.45) is 0 Å². The highest BCUT2D eigenvalue weighted by molar-refractivity contribution is 6.32. The Morgan fingerprint density at radius 3 is 2.69 bits per heavy atom. The molecule has 1 aromatic rings. The topological polar surface area (TPSA) is 33.1 Å². The number of rotatable bonds is 2. The van der Waals surface area contributed by atoms with E-state index in [4.69, 9.17) is 16.7 Å². The molecule has 0 atom stereocenters. The van der Waals surface area contributed by atoms with Crippen LogP contribution in [0.2, 0.25) is 5.02 Å². The molecule has 1 rings (SSSR count). The van der Waals surface area contributed by atoms with Crippen LogP contribution in [-0.2, 0) is 6.61 Å². The van der Waals surface area contributed by atoms with Gasteiger partial charge in [-0.1, -0.05) is 11.6 Å². The molecular formula is C8H8ClF2NO. The Bertz CT molecular complexity index is 317. The lowest BCUT2D eigenvalue weighted by Crippen LogP contribution is -1.99. The van der Waals surface area contributed by atoms with E-state index in [1.54, 1.807) is 0 Å². The summed E-state index contributed by atoms with van der Waals surface area (Å²) >= 11 is 5.63. The Balaban J connectivity index is 3.30. The number of hydrogen-bond donors (Lipinski definition) is 1. The molecule has 1 N–H and O–H groups in total. The van der Waals surface area contributed by atoms with Crippen LogP contribution >= 0.6 is 11.6 Å². The summed E-state index contributed by atoms with van der Waals surface area (Å²) in [5, 5.41) is 8.65. The number of hydrogen-bond acceptors (Lipinski definition) is 2. The molecule has 0 bridgehead atoms. The van der Waals surface area contributed by atoms with Crippen LogP contribution in [0.5, 0.6) is 0 Å². The number of alkyl halides is 2. The van der Waals surface area contributed by atoms with Crippen LogP contribution < -0.4 is 0 Å². The van der Waals surface area contributed by atoms with Gasteiger partial charge in [0.25, 0.3) is 6.43 Å². The minimum atomic E-state index is -2.66. The standard InChI is InChI=1S/C8H8ClF2NO/c1-4-6(8(10)11)7(9)5(3-13)2-12-4/h2,8,13H,3H2,1H3. The minimum Gasteiger partial charge on any atom is -0.392 e. The van der Waals surface area contributed by atoms with Crippen molar-refractivity contribution in [1.82, 2.24) is 4.98 Å². The number of aromatic nitrogens is 1. The highest BCUT2D eigenvalue weighted by atomic mass is 35.5. The van der Waals surface area contributed by atoms with E-state index in [0.29, 0.717) is 0 Å². The maximum absolute atomic E-state index is 12.4. The van der Waals surface area contributed by atoms with Crippen LogP contribution in [0.25, 0.3) is 0 Å². The third-order valence-electron chi connectivity index (χ3n) is 1.71. The molecule has 0 saturated heterocycles. The van der Waals surface area contributed by atoms with Crippen molar-refractivity contribution in [2.45, 2.75) is 20.0 Å². The molecular weight excluding hydrogens is 200 g/mol. The normalized spacial score (nSPS) is 10.9. The van der Waals surface area contributed by atoms with E-state index >= 15 is 0 Å². The van der Waals surface area contributed by atoms with Crippen LogP contribution in [-0.4, -0.2) is 10.1 Å². The molecule has 13 heavy (non-hydrogen) atoms. The lowest BCUT2D eigenvalue weighted by atomic mass is 10.1. The van der Waals surface area contributed by atoms with Gasteiger partial charge in [-0.2, -0.15) is 0 Å². The Morgan fingerprint density at radius 2 is 2.23 bits per heavy atom. The predicted octanol–water partition coefficient (Wildman–Crippen LogP) is 2.47. The van der Waals surface area contributed by atoms with Crippen molar-refractivity contribution in [3.63, 3.8) is 0 Å². The minimum absolute atomic E-state index is 0.0926. The molecule has 5 heteroatoms. The smallest absolute Gasteiger partial charge is 0.267 e. The Hall–Kier alpha value is -0.740. The van der Waals surface area contributed by atoms with Crippen LogP contribution in [0.15, 0.2) is 6.20 Å². The monoisotopic (exact) mass is 207 g/mol. The predicted molar refractivity (Wildman–Crippen MR) is 44.9 cm³/mol. The van der Waals surface area contributed by atoms with Gasteiger partial charge in [0.15, 0.2) is 0 Å².